The average Bonchev–Trinajstić information content (AvgIpc) is 3.49. The molecule has 0 spiro atoms. The molecule has 5 nitrogen and oxygen atoms in total. The van der Waals surface area contributed by atoms with E-state index < -0.39 is 0 Å². The summed E-state index contributed by atoms with van der Waals surface area (Å²) in [6.45, 7) is 3.37. The van der Waals surface area contributed by atoms with E-state index in [9.17, 15) is 4.79 Å². The summed E-state index contributed by atoms with van der Waals surface area (Å²) in [5, 5.41) is 5.55. The molecule has 29 heavy (non-hydrogen) atoms. The van der Waals surface area contributed by atoms with Crippen LogP contribution < -0.4 is 10.1 Å². The number of pyridine rings is 1. The first kappa shape index (κ1) is 19.4. The molecule has 1 heterocycles. The minimum Gasteiger partial charge on any atom is -0.492 e. The fourth-order valence-corrected chi connectivity index (χ4v) is 3.68. The molecular formula is C24H27N3O2. The smallest absolute Gasteiger partial charge is 0.252 e. The Morgan fingerprint density at radius 1 is 1.21 bits per heavy atom. The molecule has 0 atom stereocenters. The van der Waals surface area contributed by atoms with E-state index >= 15 is 0 Å². The number of likely N-dealkylation sites (N-methyl/N-ethyl adjacent to an activating group) is 1. The molecule has 0 radical (unpaired) electrons. The second kappa shape index (κ2) is 7.84. The van der Waals surface area contributed by atoms with Crippen LogP contribution in [0.3, 0.4) is 0 Å². The number of ether oxygens (including phenoxy) is 1. The third-order valence-electron chi connectivity index (χ3n) is 5.56. The zero-order valence-electron chi connectivity index (χ0n) is 17.2. The first-order chi connectivity index (χ1) is 14.0. The van der Waals surface area contributed by atoms with E-state index in [0.29, 0.717) is 12.2 Å². The van der Waals surface area contributed by atoms with Crippen molar-refractivity contribution < 1.29 is 9.53 Å². The van der Waals surface area contributed by atoms with Crippen molar-refractivity contribution in [1.82, 2.24) is 15.2 Å². The Morgan fingerprint density at radius 3 is 2.79 bits per heavy atom. The number of amides is 1. The monoisotopic (exact) mass is 389 g/mol. The topological polar surface area (TPSA) is 54.5 Å². The molecule has 1 aliphatic carbocycles. The zero-order chi connectivity index (χ0) is 20.4. The number of aryl methyl sites for hydroxylation is 1. The zero-order valence-corrected chi connectivity index (χ0v) is 17.2. The summed E-state index contributed by atoms with van der Waals surface area (Å²) >= 11 is 0. The number of rotatable bonds is 7. The van der Waals surface area contributed by atoms with Gasteiger partial charge in [-0.25, -0.2) is 0 Å². The van der Waals surface area contributed by atoms with Gasteiger partial charge < -0.3 is 15.0 Å². The van der Waals surface area contributed by atoms with Crippen LogP contribution in [0.4, 0.5) is 0 Å². The normalized spacial score (nSPS) is 14.8. The number of carbonyl (C=O) groups excluding carboxylic acids is 1. The Balaban J connectivity index is 1.56. The maximum absolute atomic E-state index is 13.2. The second-order valence-corrected chi connectivity index (χ2v) is 8.07. The minimum absolute atomic E-state index is 0.0565. The number of hydrogen-bond acceptors (Lipinski definition) is 4. The largest absolute Gasteiger partial charge is 0.492 e. The Bertz CT molecular complexity index is 1040. The lowest BCUT2D eigenvalue weighted by Crippen LogP contribution is -2.35. The molecule has 0 unspecified atom stereocenters. The van der Waals surface area contributed by atoms with Crippen LogP contribution in [-0.4, -0.2) is 43.0 Å². The molecule has 0 bridgehead atoms. The van der Waals surface area contributed by atoms with Gasteiger partial charge in [0.1, 0.15) is 12.4 Å². The highest BCUT2D eigenvalue weighted by Gasteiger charge is 2.46. The van der Waals surface area contributed by atoms with E-state index in [-0.39, 0.29) is 11.4 Å². The Labute approximate surface area is 171 Å². The van der Waals surface area contributed by atoms with Crippen molar-refractivity contribution in [2.45, 2.75) is 25.3 Å². The van der Waals surface area contributed by atoms with Crippen molar-refractivity contribution in [3.63, 3.8) is 0 Å². The lowest BCUT2D eigenvalue weighted by atomic mass is 9.97. The number of carbonyl (C=O) groups is 1. The fourth-order valence-electron chi connectivity index (χ4n) is 3.68. The molecule has 1 saturated carbocycles. The maximum Gasteiger partial charge on any atom is 0.252 e. The third-order valence-corrected chi connectivity index (χ3v) is 5.56. The summed E-state index contributed by atoms with van der Waals surface area (Å²) in [4.78, 5) is 19.5. The summed E-state index contributed by atoms with van der Waals surface area (Å²) in [6.07, 6.45) is 5.56. The number of aromatic nitrogens is 1. The summed E-state index contributed by atoms with van der Waals surface area (Å²) in [5.41, 5.74) is 2.44. The lowest BCUT2D eigenvalue weighted by Gasteiger charge is -2.21. The van der Waals surface area contributed by atoms with Crippen molar-refractivity contribution in [3.8, 4) is 5.75 Å². The number of hydrogen-bond donors (Lipinski definition) is 1. The highest BCUT2D eigenvalue weighted by molar-refractivity contribution is 5.97. The summed E-state index contributed by atoms with van der Waals surface area (Å²) in [5.74, 6) is 0.667. The molecule has 3 aromatic rings. The van der Waals surface area contributed by atoms with Crippen LogP contribution in [0.25, 0.3) is 10.8 Å². The van der Waals surface area contributed by atoms with Gasteiger partial charge in [-0.05, 0) is 68.6 Å². The highest BCUT2D eigenvalue weighted by atomic mass is 16.5. The van der Waals surface area contributed by atoms with Gasteiger partial charge in [-0.1, -0.05) is 24.3 Å². The van der Waals surface area contributed by atoms with Crippen molar-refractivity contribution >= 4 is 16.7 Å². The van der Waals surface area contributed by atoms with Crippen LogP contribution >= 0.6 is 0 Å². The van der Waals surface area contributed by atoms with Gasteiger partial charge in [0.05, 0.1) is 5.54 Å². The SMILES string of the molecule is Cc1ccc(OCCN(C)C)cc1C(=O)NC1(c2cccc3ccncc23)CC1. The van der Waals surface area contributed by atoms with E-state index in [1.54, 1.807) is 6.20 Å². The standard InChI is InChI=1S/C24H27N3O2/c1-17-7-8-19(29-14-13-27(2)3)15-20(17)23(28)26-24(10-11-24)22-6-4-5-18-9-12-25-16-21(18)22/h4-9,12,15-16H,10-11,13-14H2,1-3H3,(H,26,28). The van der Waals surface area contributed by atoms with E-state index in [4.69, 9.17) is 4.74 Å². The molecule has 1 amide bonds. The molecule has 4 rings (SSSR count). The van der Waals surface area contributed by atoms with Gasteiger partial charge in [0, 0.05) is 29.9 Å². The van der Waals surface area contributed by atoms with Crippen molar-refractivity contribution in [2.24, 2.45) is 0 Å². The molecule has 0 saturated heterocycles. The van der Waals surface area contributed by atoms with Crippen LogP contribution in [0.1, 0.15) is 34.3 Å². The summed E-state index contributed by atoms with van der Waals surface area (Å²) in [6, 6.07) is 14.0. The van der Waals surface area contributed by atoms with Gasteiger partial charge in [-0.3, -0.25) is 9.78 Å². The van der Waals surface area contributed by atoms with Crippen LogP contribution in [0.2, 0.25) is 0 Å². The molecule has 2 aromatic carbocycles. The van der Waals surface area contributed by atoms with Crippen molar-refractivity contribution in [3.05, 3.63) is 71.5 Å². The van der Waals surface area contributed by atoms with E-state index in [0.717, 1.165) is 47.0 Å². The summed E-state index contributed by atoms with van der Waals surface area (Å²) < 4.78 is 5.82. The van der Waals surface area contributed by atoms with Gasteiger partial charge >= 0.3 is 0 Å². The number of nitrogens with zero attached hydrogens (tertiary/aromatic N) is 2. The van der Waals surface area contributed by atoms with Gasteiger partial charge in [0.2, 0.25) is 0 Å². The molecule has 5 heteroatoms. The first-order valence-corrected chi connectivity index (χ1v) is 10.0. The molecule has 1 fully saturated rings. The predicted molar refractivity (Wildman–Crippen MR) is 115 cm³/mol. The van der Waals surface area contributed by atoms with Crippen LogP contribution in [0.15, 0.2) is 54.9 Å². The molecule has 0 aliphatic heterocycles. The number of nitrogens with one attached hydrogen (secondary N) is 1. The highest BCUT2D eigenvalue weighted by Crippen LogP contribution is 2.48. The van der Waals surface area contributed by atoms with E-state index in [1.165, 1.54) is 0 Å². The lowest BCUT2D eigenvalue weighted by molar-refractivity contribution is 0.0930. The first-order valence-electron chi connectivity index (χ1n) is 10.0. The van der Waals surface area contributed by atoms with Crippen LogP contribution in [-0.2, 0) is 5.54 Å². The molecule has 1 aliphatic rings. The van der Waals surface area contributed by atoms with Gasteiger partial charge in [-0.2, -0.15) is 0 Å². The fraction of sp³-hybridized carbons (Fsp3) is 0.333. The Morgan fingerprint density at radius 2 is 2.03 bits per heavy atom. The maximum atomic E-state index is 13.2. The van der Waals surface area contributed by atoms with Crippen molar-refractivity contribution in [1.29, 1.82) is 0 Å². The van der Waals surface area contributed by atoms with Gasteiger partial charge in [0.15, 0.2) is 0 Å². The van der Waals surface area contributed by atoms with Crippen molar-refractivity contribution in [2.75, 3.05) is 27.2 Å². The Hall–Kier alpha value is -2.92. The molecule has 150 valence electrons. The summed E-state index contributed by atoms with van der Waals surface area (Å²) in [7, 11) is 4.02. The Kier molecular flexibility index (Phi) is 5.24. The number of fused-ring (bicyclic) bond motifs is 1. The minimum atomic E-state index is -0.312. The quantitative estimate of drug-likeness (QED) is 0.666. The second-order valence-electron chi connectivity index (χ2n) is 8.07. The van der Waals surface area contributed by atoms with Gasteiger partial charge in [-0.15, -0.1) is 0 Å². The average molecular weight is 389 g/mol. The van der Waals surface area contributed by atoms with Gasteiger partial charge in [0.25, 0.3) is 5.91 Å². The van der Waals surface area contributed by atoms with E-state index in [1.807, 2.05) is 57.5 Å². The van der Waals surface area contributed by atoms with Crippen LogP contribution in [0, 0.1) is 6.92 Å². The molecule has 1 N–H and O–H groups in total. The third kappa shape index (κ3) is 4.10. The molecular weight excluding hydrogens is 362 g/mol. The predicted octanol–water partition coefficient (Wildman–Crippen LogP) is 3.90. The molecule has 1 aromatic heterocycles. The number of benzene rings is 2. The van der Waals surface area contributed by atoms with E-state index in [2.05, 4.69) is 27.3 Å². The van der Waals surface area contributed by atoms with Crippen LogP contribution in [0.5, 0.6) is 5.75 Å².